The van der Waals surface area contributed by atoms with Crippen LogP contribution in [-0.4, -0.2) is 42.0 Å². The molecule has 156 valence electrons. The van der Waals surface area contributed by atoms with E-state index in [9.17, 15) is 9.59 Å². The molecular formula is C23H25N3O3S. The zero-order valence-electron chi connectivity index (χ0n) is 16.9. The third kappa shape index (κ3) is 5.90. The molecule has 1 aliphatic heterocycles. The number of thiocarbonyl (C=S) groups is 1. The Morgan fingerprint density at radius 3 is 2.43 bits per heavy atom. The molecule has 0 bridgehead atoms. The van der Waals surface area contributed by atoms with Gasteiger partial charge in [-0.05, 0) is 67.9 Å². The Morgan fingerprint density at radius 2 is 1.73 bits per heavy atom. The summed E-state index contributed by atoms with van der Waals surface area (Å²) in [5, 5.41) is 5.74. The molecule has 30 heavy (non-hydrogen) atoms. The molecule has 2 aromatic rings. The van der Waals surface area contributed by atoms with Crippen molar-refractivity contribution < 1.29 is 14.3 Å². The molecule has 2 aromatic carbocycles. The Bertz CT molecular complexity index is 935. The molecule has 0 unspecified atom stereocenters. The summed E-state index contributed by atoms with van der Waals surface area (Å²) in [6, 6.07) is 14.5. The van der Waals surface area contributed by atoms with Crippen molar-refractivity contribution in [2.45, 2.75) is 19.3 Å². The van der Waals surface area contributed by atoms with E-state index in [0.29, 0.717) is 17.0 Å². The van der Waals surface area contributed by atoms with Gasteiger partial charge in [-0.25, -0.2) is 0 Å². The summed E-state index contributed by atoms with van der Waals surface area (Å²) < 4.78 is 5.25. The molecule has 2 amide bonds. The normalized spacial score (nSPS) is 13.7. The van der Waals surface area contributed by atoms with Crippen LogP contribution in [0.3, 0.4) is 0 Å². The Kier molecular flexibility index (Phi) is 7.57. The van der Waals surface area contributed by atoms with Crippen molar-refractivity contribution in [2.75, 3.05) is 25.5 Å². The van der Waals surface area contributed by atoms with Crippen LogP contribution in [0, 0.1) is 0 Å². The fourth-order valence-electron chi connectivity index (χ4n) is 3.26. The first-order valence-electron chi connectivity index (χ1n) is 9.89. The SMILES string of the molecule is COc1ccccc1/C=C/C(=O)NC(=S)Nc1ccc(C(=O)N2CCCCC2)cc1. The maximum absolute atomic E-state index is 12.5. The minimum absolute atomic E-state index is 0.0543. The van der Waals surface area contributed by atoms with Gasteiger partial charge in [-0.3, -0.25) is 14.9 Å². The van der Waals surface area contributed by atoms with Gasteiger partial charge < -0.3 is 15.0 Å². The molecule has 1 heterocycles. The van der Waals surface area contributed by atoms with Gasteiger partial charge in [0.1, 0.15) is 5.75 Å². The van der Waals surface area contributed by atoms with Crippen LogP contribution in [-0.2, 0) is 4.79 Å². The molecule has 6 nitrogen and oxygen atoms in total. The average Bonchev–Trinajstić information content (AvgIpc) is 2.78. The number of piperidine rings is 1. The fourth-order valence-corrected chi connectivity index (χ4v) is 3.48. The summed E-state index contributed by atoms with van der Waals surface area (Å²) >= 11 is 5.20. The fraction of sp³-hybridized carbons (Fsp3) is 0.261. The molecule has 0 saturated carbocycles. The summed E-state index contributed by atoms with van der Waals surface area (Å²) in [4.78, 5) is 26.5. The number of benzene rings is 2. The smallest absolute Gasteiger partial charge is 0.253 e. The Balaban J connectivity index is 1.52. The minimum Gasteiger partial charge on any atom is -0.496 e. The quantitative estimate of drug-likeness (QED) is 0.565. The van der Waals surface area contributed by atoms with Crippen molar-refractivity contribution in [3.63, 3.8) is 0 Å². The second-order valence-corrected chi connectivity index (χ2v) is 7.36. The number of amides is 2. The van der Waals surface area contributed by atoms with Gasteiger partial charge in [-0.15, -0.1) is 0 Å². The molecule has 0 aliphatic carbocycles. The zero-order valence-corrected chi connectivity index (χ0v) is 17.7. The van der Waals surface area contributed by atoms with E-state index in [1.54, 1.807) is 37.5 Å². The Morgan fingerprint density at radius 1 is 1.03 bits per heavy atom. The summed E-state index contributed by atoms with van der Waals surface area (Å²) in [5.41, 5.74) is 2.14. The Labute approximate surface area is 181 Å². The highest BCUT2D eigenvalue weighted by Crippen LogP contribution is 2.18. The topological polar surface area (TPSA) is 70.7 Å². The van der Waals surface area contributed by atoms with Crippen LogP contribution in [0.4, 0.5) is 5.69 Å². The van der Waals surface area contributed by atoms with Crippen molar-refractivity contribution in [3.05, 3.63) is 65.7 Å². The first-order chi connectivity index (χ1) is 14.6. The van der Waals surface area contributed by atoms with E-state index in [-0.39, 0.29) is 16.9 Å². The molecule has 0 atom stereocenters. The van der Waals surface area contributed by atoms with E-state index >= 15 is 0 Å². The summed E-state index contributed by atoms with van der Waals surface area (Å²) in [5.74, 6) is 0.385. The summed E-state index contributed by atoms with van der Waals surface area (Å²) in [6.45, 7) is 1.63. The summed E-state index contributed by atoms with van der Waals surface area (Å²) in [7, 11) is 1.58. The second kappa shape index (κ2) is 10.5. The van der Waals surface area contributed by atoms with Crippen LogP contribution >= 0.6 is 12.2 Å². The van der Waals surface area contributed by atoms with E-state index in [0.717, 1.165) is 31.5 Å². The molecule has 1 aliphatic rings. The molecule has 2 N–H and O–H groups in total. The van der Waals surface area contributed by atoms with E-state index in [1.807, 2.05) is 29.2 Å². The number of carbonyl (C=O) groups is 2. The van der Waals surface area contributed by atoms with Crippen molar-refractivity contribution in [2.24, 2.45) is 0 Å². The van der Waals surface area contributed by atoms with Crippen molar-refractivity contribution in [1.29, 1.82) is 0 Å². The van der Waals surface area contributed by atoms with Gasteiger partial charge in [0.2, 0.25) is 5.91 Å². The van der Waals surface area contributed by atoms with Crippen molar-refractivity contribution >= 4 is 40.9 Å². The van der Waals surface area contributed by atoms with Crippen molar-refractivity contribution in [1.82, 2.24) is 10.2 Å². The first-order valence-corrected chi connectivity index (χ1v) is 10.3. The second-order valence-electron chi connectivity index (χ2n) is 6.95. The molecule has 0 aromatic heterocycles. The third-order valence-electron chi connectivity index (χ3n) is 4.82. The number of rotatable bonds is 5. The monoisotopic (exact) mass is 423 g/mol. The van der Waals surface area contributed by atoms with Gasteiger partial charge in [-0.2, -0.15) is 0 Å². The van der Waals surface area contributed by atoms with E-state index < -0.39 is 0 Å². The molecule has 1 saturated heterocycles. The highest BCUT2D eigenvalue weighted by molar-refractivity contribution is 7.80. The molecular weight excluding hydrogens is 398 g/mol. The van der Waals surface area contributed by atoms with Crippen LogP contribution in [0.5, 0.6) is 5.75 Å². The number of nitrogens with one attached hydrogen (secondary N) is 2. The number of anilines is 1. The lowest BCUT2D eigenvalue weighted by Crippen LogP contribution is -2.35. The number of methoxy groups -OCH3 is 1. The lowest BCUT2D eigenvalue weighted by molar-refractivity contribution is -0.115. The zero-order chi connectivity index (χ0) is 21.3. The largest absolute Gasteiger partial charge is 0.496 e. The van der Waals surface area contributed by atoms with Crippen molar-refractivity contribution in [3.8, 4) is 5.75 Å². The van der Waals surface area contributed by atoms with Gasteiger partial charge in [0.25, 0.3) is 5.91 Å². The molecule has 0 radical (unpaired) electrons. The number of para-hydroxylation sites is 1. The highest BCUT2D eigenvalue weighted by Gasteiger charge is 2.17. The first kappa shape index (κ1) is 21.5. The van der Waals surface area contributed by atoms with Gasteiger partial charge in [-0.1, -0.05) is 18.2 Å². The predicted molar refractivity (Wildman–Crippen MR) is 123 cm³/mol. The number of hydrogen-bond acceptors (Lipinski definition) is 4. The van der Waals surface area contributed by atoms with Gasteiger partial charge in [0, 0.05) is 36.0 Å². The standard InChI is InChI=1S/C23H25N3O3S/c1-29-20-8-4-3-7-17(20)11-14-21(27)25-23(30)24-19-12-9-18(10-13-19)22(28)26-15-5-2-6-16-26/h3-4,7-14H,2,5-6,15-16H2,1H3,(H2,24,25,27,30)/b14-11+. The number of nitrogens with zero attached hydrogens (tertiary/aromatic N) is 1. The molecule has 1 fully saturated rings. The van der Waals surface area contributed by atoms with Crippen LogP contribution in [0.15, 0.2) is 54.6 Å². The Hall–Kier alpha value is -3.19. The van der Waals surface area contributed by atoms with Crippen LogP contribution < -0.4 is 15.4 Å². The van der Waals surface area contributed by atoms with Crippen LogP contribution in [0.2, 0.25) is 0 Å². The highest BCUT2D eigenvalue weighted by atomic mass is 32.1. The minimum atomic E-state index is -0.352. The lowest BCUT2D eigenvalue weighted by atomic mass is 10.1. The lowest BCUT2D eigenvalue weighted by Gasteiger charge is -2.26. The van der Waals surface area contributed by atoms with Gasteiger partial charge in [0.15, 0.2) is 5.11 Å². The maximum Gasteiger partial charge on any atom is 0.253 e. The molecule has 7 heteroatoms. The predicted octanol–water partition coefficient (Wildman–Crippen LogP) is 3.85. The van der Waals surface area contributed by atoms with Gasteiger partial charge in [0.05, 0.1) is 7.11 Å². The summed E-state index contributed by atoms with van der Waals surface area (Å²) in [6.07, 6.45) is 6.36. The number of likely N-dealkylation sites (tertiary alicyclic amines) is 1. The molecule has 0 spiro atoms. The number of hydrogen-bond donors (Lipinski definition) is 2. The number of carbonyl (C=O) groups excluding carboxylic acids is 2. The average molecular weight is 424 g/mol. The van der Waals surface area contributed by atoms with Crippen LogP contribution in [0.1, 0.15) is 35.2 Å². The van der Waals surface area contributed by atoms with E-state index in [4.69, 9.17) is 17.0 Å². The number of ether oxygens (including phenoxy) is 1. The van der Waals surface area contributed by atoms with E-state index in [1.165, 1.54) is 12.5 Å². The van der Waals surface area contributed by atoms with E-state index in [2.05, 4.69) is 10.6 Å². The van der Waals surface area contributed by atoms with Gasteiger partial charge >= 0.3 is 0 Å². The van der Waals surface area contributed by atoms with Crippen LogP contribution in [0.25, 0.3) is 6.08 Å². The molecule has 3 rings (SSSR count). The maximum atomic E-state index is 12.5. The third-order valence-corrected chi connectivity index (χ3v) is 5.03.